The maximum Gasteiger partial charge on any atom is 0.305 e. The molecule has 0 aromatic carbocycles. The fourth-order valence-corrected chi connectivity index (χ4v) is 1.55. The summed E-state index contributed by atoms with van der Waals surface area (Å²) in [6.45, 7) is 2.14. The van der Waals surface area contributed by atoms with E-state index >= 15 is 0 Å². The number of methoxy groups -OCH3 is 1. The Morgan fingerprint density at radius 2 is 1.65 bits per heavy atom. The third-order valence-electron chi connectivity index (χ3n) is 2.60. The van der Waals surface area contributed by atoms with Gasteiger partial charge in [0.1, 0.15) is 0 Å². The summed E-state index contributed by atoms with van der Waals surface area (Å²) >= 11 is 0. The summed E-state index contributed by atoms with van der Waals surface area (Å²) in [4.78, 5) is 10.8. The summed E-state index contributed by atoms with van der Waals surface area (Å²) in [5, 5.41) is 0. The second-order valence-corrected chi connectivity index (χ2v) is 4.15. The van der Waals surface area contributed by atoms with Crippen molar-refractivity contribution in [2.45, 2.75) is 58.3 Å². The van der Waals surface area contributed by atoms with Gasteiger partial charge in [-0.2, -0.15) is 0 Å². The van der Waals surface area contributed by atoms with Gasteiger partial charge in [-0.3, -0.25) is 4.79 Å². The van der Waals surface area contributed by atoms with Gasteiger partial charge in [0.25, 0.3) is 0 Å². The first-order valence-electron chi connectivity index (χ1n) is 6.69. The number of carbonyl (C=O) groups is 1. The van der Waals surface area contributed by atoms with Crippen LogP contribution in [0.1, 0.15) is 58.3 Å². The highest BCUT2D eigenvalue weighted by atomic mass is 16.5. The summed E-state index contributed by atoms with van der Waals surface area (Å²) in [5.41, 5.74) is 0. The fraction of sp³-hybridized carbons (Fsp3) is 0.667. The molecular weight excluding hydrogens is 212 g/mol. The summed E-state index contributed by atoms with van der Waals surface area (Å²) in [5.74, 6) is -0.0874. The van der Waals surface area contributed by atoms with Crippen LogP contribution in [0.2, 0.25) is 0 Å². The molecule has 0 amide bonds. The van der Waals surface area contributed by atoms with E-state index in [4.69, 9.17) is 0 Å². The lowest BCUT2D eigenvalue weighted by atomic mass is 10.1. The van der Waals surface area contributed by atoms with E-state index in [2.05, 4.69) is 36.0 Å². The molecule has 0 bridgehead atoms. The Bertz CT molecular complexity index is 229. The molecule has 17 heavy (non-hydrogen) atoms. The third-order valence-corrected chi connectivity index (χ3v) is 2.60. The van der Waals surface area contributed by atoms with Gasteiger partial charge in [-0.15, -0.1) is 0 Å². The Labute approximate surface area is 106 Å². The molecule has 0 N–H and O–H groups in total. The lowest BCUT2D eigenvalue weighted by Gasteiger charge is -1.99. The number of ether oxygens (including phenoxy) is 1. The van der Waals surface area contributed by atoms with Gasteiger partial charge in [-0.05, 0) is 25.7 Å². The lowest BCUT2D eigenvalue weighted by Crippen LogP contribution is -1.98. The zero-order valence-electron chi connectivity index (χ0n) is 11.3. The molecule has 0 unspecified atom stereocenters. The molecule has 0 aliphatic heterocycles. The molecule has 0 atom stereocenters. The zero-order valence-corrected chi connectivity index (χ0v) is 11.3. The van der Waals surface area contributed by atoms with E-state index in [9.17, 15) is 4.79 Å². The Kier molecular flexibility index (Phi) is 12.2. The van der Waals surface area contributed by atoms with Crippen LogP contribution < -0.4 is 0 Å². The molecule has 0 saturated carbocycles. The number of allylic oxidation sites excluding steroid dienone is 4. The second-order valence-electron chi connectivity index (χ2n) is 4.15. The maximum absolute atomic E-state index is 10.8. The average molecular weight is 238 g/mol. The number of hydrogen-bond acceptors (Lipinski definition) is 2. The number of carbonyl (C=O) groups excluding carboxylic acids is 1. The van der Waals surface area contributed by atoms with Crippen molar-refractivity contribution in [3.63, 3.8) is 0 Å². The number of hydrogen-bond donors (Lipinski definition) is 0. The Morgan fingerprint density at radius 1 is 1.00 bits per heavy atom. The Hall–Kier alpha value is -1.05. The van der Waals surface area contributed by atoms with Crippen LogP contribution in [0.3, 0.4) is 0 Å². The standard InChI is InChI=1S/C15H26O2/c1-3-4-5-6-7-8-9-10-11-12-13-14-15(16)17-2/h4-7H,3,8-14H2,1-2H3/b5-4-,7-6+. The van der Waals surface area contributed by atoms with Gasteiger partial charge >= 0.3 is 5.97 Å². The Balaban J connectivity index is 3.16. The highest BCUT2D eigenvalue weighted by Gasteiger charge is 1.98. The molecule has 2 heteroatoms. The normalized spacial score (nSPS) is 11.4. The van der Waals surface area contributed by atoms with E-state index in [0.29, 0.717) is 6.42 Å². The SMILES string of the molecule is CC/C=C\C=C\CCCCCCCC(=O)OC. The van der Waals surface area contributed by atoms with E-state index in [1.165, 1.54) is 26.4 Å². The minimum atomic E-state index is -0.0874. The average Bonchev–Trinajstić information content (AvgIpc) is 2.35. The van der Waals surface area contributed by atoms with Crippen molar-refractivity contribution >= 4 is 5.97 Å². The number of unbranched alkanes of at least 4 members (excludes halogenated alkanes) is 5. The van der Waals surface area contributed by atoms with Crippen LogP contribution in [0.15, 0.2) is 24.3 Å². The fourth-order valence-electron chi connectivity index (χ4n) is 1.55. The molecule has 0 rings (SSSR count). The van der Waals surface area contributed by atoms with E-state index in [1.807, 2.05) is 0 Å². The van der Waals surface area contributed by atoms with Gasteiger partial charge in [0.05, 0.1) is 7.11 Å². The predicted molar refractivity (Wildman–Crippen MR) is 72.9 cm³/mol. The third kappa shape index (κ3) is 12.9. The molecule has 0 heterocycles. The highest BCUT2D eigenvalue weighted by Crippen LogP contribution is 2.08. The lowest BCUT2D eigenvalue weighted by molar-refractivity contribution is -0.140. The predicted octanol–water partition coefficient (Wildman–Crippen LogP) is 4.41. The van der Waals surface area contributed by atoms with Crippen LogP contribution >= 0.6 is 0 Å². The molecule has 0 spiro atoms. The van der Waals surface area contributed by atoms with Crippen LogP contribution in [0.25, 0.3) is 0 Å². The van der Waals surface area contributed by atoms with Crippen molar-refractivity contribution in [3.8, 4) is 0 Å². The maximum atomic E-state index is 10.8. The molecule has 0 aliphatic rings. The van der Waals surface area contributed by atoms with Crippen LogP contribution in [-0.2, 0) is 9.53 Å². The summed E-state index contributed by atoms with van der Waals surface area (Å²) < 4.78 is 4.59. The molecule has 0 aromatic heterocycles. The highest BCUT2D eigenvalue weighted by molar-refractivity contribution is 5.68. The topological polar surface area (TPSA) is 26.3 Å². The van der Waals surface area contributed by atoms with Gasteiger partial charge < -0.3 is 4.74 Å². The van der Waals surface area contributed by atoms with Crippen molar-refractivity contribution in [2.24, 2.45) is 0 Å². The quantitative estimate of drug-likeness (QED) is 0.320. The number of esters is 1. The smallest absolute Gasteiger partial charge is 0.305 e. The van der Waals surface area contributed by atoms with Gasteiger partial charge in [-0.1, -0.05) is 50.5 Å². The largest absolute Gasteiger partial charge is 0.469 e. The Morgan fingerprint density at radius 3 is 2.35 bits per heavy atom. The zero-order chi connectivity index (χ0) is 12.8. The first-order valence-corrected chi connectivity index (χ1v) is 6.69. The van der Waals surface area contributed by atoms with E-state index in [1.54, 1.807) is 0 Å². The van der Waals surface area contributed by atoms with Crippen molar-refractivity contribution in [1.82, 2.24) is 0 Å². The molecule has 0 aromatic rings. The van der Waals surface area contributed by atoms with Crippen molar-refractivity contribution in [1.29, 1.82) is 0 Å². The molecule has 0 fully saturated rings. The molecular formula is C15H26O2. The minimum absolute atomic E-state index is 0.0874. The molecule has 0 radical (unpaired) electrons. The van der Waals surface area contributed by atoms with Crippen LogP contribution in [-0.4, -0.2) is 13.1 Å². The van der Waals surface area contributed by atoms with E-state index in [0.717, 1.165) is 25.7 Å². The van der Waals surface area contributed by atoms with Crippen molar-refractivity contribution < 1.29 is 9.53 Å². The first-order chi connectivity index (χ1) is 8.31. The van der Waals surface area contributed by atoms with Gasteiger partial charge in [-0.25, -0.2) is 0 Å². The molecule has 0 aliphatic carbocycles. The van der Waals surface area contributed by atoms with Crippen molar-refractivity contribution in [2.75, 3.05) is 7.11 Å². The van der Waals surface area contributed by atoms with Gasteiger partial charge in [0.15, 0.2) is 0 Å². The van der Waals surface area contributed by atoms with Crippen LogP contribution in [0.5, 0.6) is 0 Å². The summed E-state index contributed by atoms with van der Waals surface area (Å²) in [6, 6.07) is 0. The van der Waals surface area contributed by atoms with Crippen LogP contribution in [0.4, 0.5) is 0 Å². The molecule has 0 saturated heterocycles. The molecule has 2 nitrogen and oxygen atoms in total. The van der Waals surface area contributed by atoms with Crippen molar-refractivity contribution in [3.05, 3.63) is 24.3 Å². The van der Waals surface area contributed by atoms with Gasteiger partial charge in [0.2, 0.25) is 0 Å². The minimum Gasteiger partial charge on any atom is -0.469 e. The molecule has 98 valence electrons. The second kappa shape index (κ2) is 13.0. The van der Waals surface area contributed by atoms with Crippen LogP contribution in [0, 0.1) is 0 Å². The first kappa shape index (κ1) is 16.0. The van der Waals surface area contributed by atoms with E-state index in [-0.39, 0.29) is 5.97 Å². The number of rotatable bonds is 10. The summed E-state index contributed by atoms with van der Waals surface area (Å²) in [7, 11) is 1.45. The monoisotopic (exact) mass is 238 g/mol. The summed E-state index contributed by atoms with van der Waals surface area (Å²) in [6.07, 6.45) is 17.2. The van der Waals surface area contributed by atoms with E-state index < -0.39 is 0 Å². The van der Waals surface area contributed by atoms with Gasteiger partial charge in [0, 0.05) is 6.42 Å².